The van der Waals surface area contributed by atoms with E-state index < -0.39 is 0 Å². The van der Waals surface area contributed by atoms with Crippen molar-refractivity contribution >= 4 is 15.9 Å². The summed E-state index contributed by atoms with van der Waals surface area (Å²) in [6.07, 6.45) is 4.28. The molecule has 1 aromatic heterocycles. The van der Waals surface area contributed by atoms with Crippen LogP contribution in [0.3, 0.4) is 0 Å². The molecule has 0 saturated heterocycles. The van der Waals surface area contributed by atoms with Gasteiger partial charge in [0.25, 0.3) is 0 Å². The highest BCUT2D eigenvalue weighted by atomic mass is 79.9. The maximum absolute atomic E-state index is 4.36. The Labute approximate surface area is 75.7 Å². The lowest BCUT2D eigenvalue weighted by molar-refractivity contribution is 0.644. The highest BCUT2D eigenvalue weighted by molar-refractivity contribution is 9.09. The fraction of sp³-hybridized carbons (Fsp3) is 0.625. The molecule has 0 N–H and O–H groups in total. The van der Waals surface area contributed by atoms with Gasteiger partial charge in [-0.3, -0.25) is 4.68 Å². The van der Waals surface area contributed by atoms with E-state index in [1.54, 1.807) is 0 Å². The summed E-state index contributed by atoms with van der Waals surface area (Å²) in [7, 11) is 0. The number of rotatable bonds is 4. The van der Waals surface area contributed by atoms with Crippen LogP contribution in [0.4, 0.5) is 0 Å². The Bertz CT molecular complexity index is 208. The number of halogens is 1. The van der Waals surface area contributed by atoms with E-state index in [1.165, 1.54) is 12.1 Å². The fourth-order valence-electron chi connectivity index (χ4n) is 0.961. The van der Waals surface area contributed by atoms with Crippen molar-refractivity contribution < 1.29 is 0 Å². The molecule has 0 fully saturated rings. The molecule has 62 valence electrons. The Morgan fingerprint density at radius 3 is 3.00 bits per heavy atom. The summed E-state index contributed by atoms with van der Waals surface area (Å²) in [5.74, 6) is 0. The normalized spacial score (nSPS) is 10.4. The maximum atomic E-state index is 4.36. The standard InChI is InChI=1S/C8H13BrN2/c1-2-11-7-5-8(10-11)4-3-6-9/h5,7H,2-4,6H2,1H3. The van der Waals surface area contributed by atoms with Gasteiger partial charge in [0.2, 0.25) is 0 Å². The van der Waals surface area contributed by atoms with E-state index in [4.69, 9.17) is 0 Å². The van der Waals surface area contributed by atoms with Gasteiger partial charge in [-0.25, -0.2) is 0 Å². The molecule has 0 saturated carbocycles. The minimum absolute atomic E-state index is 0.967. The van der Waals surface area contributed by atoms with Gasteiger partial charge in [-0.2, -0.15) is 5.10 Å². The van der Waals surface area contributed by atoms with E-state index in [-0.39, 0.29) is 0 Å². The summed E-state index contributed by atoms with van der Waals surface area (Å²) in [5, 5.41) is 5.42. The largest absolute Gasteiger partial charge is 0.273 e. The zero-order valence-corrected chi connectivity index (χ0v) is 8.34. The van der Waals surface area contributed by atoms with E-state index in [0.29, 0.717) is 0 Å². The zero-order valence-electron chi connectivity index (χ0n) is 6.76. The van der Waals surface area contributed by atoms with Crippen molar-refractivity contribution in [1.82, 2.24) is 9.78 Å². The Hall–Kier alpha value is -0.310. The predicted molar refractivity (Wildman–Crippen MR) is 50.0 cm³/mol. The maximum Gasteiger partial charge on any atom is 0.0624 e. The Morgan fingerprint density at radius 1 is 1.64 bits per heavy atom. The molecule has 0 unspecified atom stereocenters. The van der Waals surface area contributed by atoms with Gasteiger partial charge < -0.3 is 0 Å². The van der Waals surface area contributed by atoms with Crippen LogP contribution in [-0.2, 0) is 13.0 Å². The van der Waals surface area contributed by atoms with Gasteiger partial charge in [0.1, 0.15) is 0 Å². The van der Waals surface area contributed by atoms with Crippen molar-refractivity contribution in [1.29, 1.82) is 0 Å². The number of hydrogen-bond donors (Lipinski definition) is 0. The van der Waals surface area contributed by atoms with Crippen LogP contribution >= 0.6 is 15.9 Å². The van der Waals surface area contributed by atoms with E-state index in [0.717, 1.165) is 18.3 Å². The Kier molecular flexibility index (Phi) is 3.63. The molecular weight excluding hydrogens is 204 g/mol. The van der Waals surface area contributed by atoms with E-state index in [1.807, 2.05) is 10.9 Å². The Morgan fingerprint density at radius 2 is 2.45 bits per heavy atom. The molecule has 2 nitrogen and oxygen atoms in total. The van der Waals surface area contributed by atoms with E-state index >= 15 is 0 Å². The molecule has 0 bridgehead atoms. The highest BCUT2D eigenvalue weighted by Crippen LogP contribution is 2.01. The van der Waals surface area contributed by atoms with Crippen molar-refractivity contribution in [3.63, 3.8) is 0 Å². The van der Waals surface area contributed by atoms with Crippen LogP contribution in [0.15, 0.2) is 12.3 Å². The van der Waals surface area contributed by atoms with Crippen LogP contribution in [0.1, 0.15) is 19.0 Å². The molecule has 1 heterocycles. The summed E-state index contributed by atoms with van der Waals surface area (Å²) in [6.45, 7) is 3.07. The lowest BCUT2D eigenvalue weighted by Crippen LogP contribution is -1.95. The second-order valence-electron chi connectivity index (χ2n) is 2.46. The third kappa shape index (κ3) is 2.66. The van der Waals surface area contributed by atoms with Crippen LogP contribution in [0.25, 0.3) is 0 Å². The molecule has 0 aliphatic rings. The Balaban J connectivity index is 2.44. The van der Waals surface area contributed by atoms with Crippen LogP contribution in [-0.4, -0.2) is 15.1 Å². The summed E-state index contributed by atoms with van der Waals surface area (Å²) >= 11 is 3.40. The molecule has 0 aliphatic heterocycles. The number of nitrogens with zero attached hydrogens (tertiary/aromatic N) is 2. The average Bonchev–Trinajstić information content (AvgIpc) is 2.48. The van der Waals surface area contributed by atoms with Crippen LogP contribution in [0.5, 0.6) is 0 Å². The monoisotopic (exact) mass is 216 g/mol. The van der Waals surface area contributed by atoms with Crippen molar-refractivity contribution in [2.24, 2.45) is 0 Å². The minimum Gasteiger partial charge on any atom is -0.273 e. The molecule has 3 heteroatoms. The molecule has 1 aromatic rings. The van der Waals surface area contributed by atoms with Gasteiger partial charge in [0.15, 0.2) is 0 Å². The first-order chi connectivity index (χ1) is 5.36. The second-order valence-corrected chi connectivity index (χ2v) is 3.25. The number of hydrogen-bond acceptors (Lipinski definition) is 1. The molecule has 11 heavy (non-hydrogen) atoms. The van der Waals surface area contributed by atoms with Crippen LogP contribution < -0.4 is 0 Å². The lowest BCUT2D eigenvalue weighted by atomic mass is 10.3. The van der Waals surface area contributed by atoms with Crippen molar-refractivity contribution in [3.05, 3.63) is 18.0 Å². The number of alkyl halides is 1. The number of aromatic nitrogens is 2. The van der Waals surface area contributed by atoms with Crippen LogP contribution in [0.2, 0.25) is 0 Å². The smallest absolute Gasteiger partial charge is 0.0624 e. The molecule has 0 aliphatic carbocycles. The lowest BCUT2D eigenvalue weighted by Gasteiger charge is -1.93. The van der Waals surface area contributed by atoms with Gasteiger partial charge in [-0.05, 0) is 25.8 Å². The summed E-state index contributed by atoms with van der Waals surface area (Å²) in [4.78, 5) is 0. The zero-order chi connectivity index (χ0) is 8.10. The van der Waals surface area contributed by atoms with E-state index in [2.05, 4.69) is 34.0 Å². The summed E-state index contributed by atoms with van der Waals surface area (Å²) in [6, 6.07) is 2.09. The molecule has 0 aromatic carbocycles. The van der Waals surface area contributed by atoms with Crippen molar-refractivity contribution in [3.8, 4) is 0 Å². The van der Waals surface area contributed by atoms with Gasteiger partial charge in [-0.15, -0.1) is 0 Å². The SMILES string of the molecule is CCn1ccc(CCCBr)n1. The van der Waals surface area contributed by atoms with Gasteiger partial charge >= 0.3 is 0 Å². The fourth-order valence-corrected chi connectivity index (χ4v) is 1.24. The van der Waals surface area contributed by atoms with Crippen molar-refractivity contribution in [2.45, 2.75) is 26.3 Å². The second kappa shape index (κ2) is 4.54. The van der Waals surface area contributed by atoms with Gasteiger partial charge in [0, 0.05) is 18.1 Å². The number of aryl methyl sites for hydroxylation is 2. The molecule has 1 rings (SSSR count). The minimum atomic E-state index is 0.967. The van der Waals surface area contributed by atoms with Gasteiger partial charge in [0.05, 0.1) is 5.69 Å². The van der Waals surface area contributed by atoms with E-state index in [9.17, 15) is 0 Å². The third-order valence-corrected chi connectivity index (χ3v) is 2.15. The topological polar surface area (TPSA) is 17.8 Å². The average molecular weight is 217 g/mol. The predicted octanol–water partition coefficient (Wildman–Crippen LogP) is 2.23. The first kappa shape index (κ1) is 8.78. The molecular formula is C8H13BrN2. The van der Waals surface area contributed by atoms with Crippen molar-refractivity contribution in [2.75, 3.05) is 5.33 Å². The van der Waals surface area contributed by atoms with Crippen LogP contribution in [0, 0.1) is 0 Å². The first-order valence-corrected chi connectivity index (χ1v) is 5.07. The third-order valence-electron chi connectivity index (χ3n) is 1.59. The quantitative estimate of drug-likeness (QED) is 0.707. The highest BCUT2D eigenvalue weighted by Gasteiger charge is 1.95. The molecule has 0 atom stereocenters. The first-order valence-electron chi connectivity index (χ1n) is 3.95. The summed E-state index contributed by atoms with van der Waals surface area (Å²) in [5.41, 5.74) is 1.20. The molecule has 0 radical (unpaired) electrons. The summed E-state index contributed by atoms with van der Waals surface area (Å²) < 4.78 is 1.96. The molecule has 0 amide bonds. The van der Waals surface area contributed by atoms with Gasteiger partial charge in [-0.1, -0.05) is 15.9 Å². The molecule has 0 spiro atoms.